The van der Waals surface area contributed by atoms with Crippen LogP contribution < -0.4 is 5.32 Å². The molecule has 2 atom stereocenters. The van der Waals surface area contributed by atoms with Gasteiger partial charge in [0.15, 0.2) is 0 Å². The number of hydrogen-bond donors (Lipinski definition) is 2. The average molecular weight is 274 g/mol. The molecule has 0 fully saturated rings. The molecular formula is C15H18N2OS. The van der Waals surface area contributed by atoms with Crippen LogP contribution in [0.2, 0.25) is 0 Å². The summed E-state index contributed by atoms with van der Waals surface area (Å²) in [6.07, 6.45) is 3.79. The summed E-state index contributed by atoms with van der Waals surface area (Å²) in [5.41, 5.74) is 2.26. The number of aliphatic hydroxyl groups excluding tert-OH is 1. The van der Waals surface area contributed by atoms with Crippen molar-refractivity contribution in [3.05, 3.63) is 52.0 Å². The summed E-state index contributed by atoms with van der Waals surface area (Å²) in [5.74, 6) is 0. The quantitative estimate of drug-likeness (QED) is 0.901. The lowest BCUT2D eigenvalue weighted by Crippen LogP contribution is -2.45. The molecule has 1 aromatic carbocycles. The van der Waals surface area contributed by atoms with Crippen molar-refractivity contribution in [1.82, 2.24) is 10.3 Å². The van der Waals surface area contributed by atoms with E-state index in [2.05, 4.69) is 35.4 Å². The van der Waals surface area contributed by atoms with Gasteiger partial charge < -0.3 is 5.11 Å². The fourth-order valence-electron chi connectivity index (χ4n) is 2.97. The number of rotatable bonds is 4. The Labute approximate surface area is 117 Å². The molecule has 1 heterocycles. The van der Waals surface area contributed by atoms with Crippen LogP contribution in [0.3, 0.4) is 0 Å². The summed E-state index contributed by atoms with van der Waals surface area (Å²) >= 11 is 1.65. The van der Waals surface area contributed by atoms with Crippen molar-refractivity contribution in [3.63, 3.8) is 0 Å². The molecule has 1 aliphatic rings. The van der Waals surface area contributed by atoms with Gasteiger partial charge in [0.1, 0.15) is 5.01 Å². The molecule has 2 aromatic rings. The van der Waals surface area contributed by atoms with Gasteiger partial charge in [0, 0.05) is 11.6 Å². The van der Waals surface area contributed by atoms with Gasteiger partial charge in [-0.25, -0.2) is 4.98 Å². The fourth-order valence-corrected chi connectivity index (χ4v) is 3.62. The van der Waals surface area contributed by atoms with E-state index in [-0.39, 0.29) is 18.2 Å². The minimum atomic E-state index is -0.318. The highest BCUT2D eigenvalue weighted by Gasteiger charge is 2.39. The summed E-state index contributed by atoms with van der Waals surface area (Å²) in [7, 11) is 0. The molecule has 0 radical (unpaired) electrons. The largest absolute Gasteiger partial charge is 0.394 e. The minimum Gasteiger partial charge on any atom is -0.394 e. The molecule has 2 N–H and O–H groups in total. The lowest BCUT2D eigenvalue weighted by Gasteiger charge is -2.32. The molecule has 19 heavy (non-hydrogen) atoms. The maximum absolute atomic E-state index is 9.93. The Kier molecular flexibility index (Phi) is 3.39. The highest BCUT2D eigenvalue weighted by atomic mass is 32.1. The molecular weight excluding hydrogens is 256 g/mol. The second-order valence-corrected chi connectivity index (χ2v) is 6.06. The van der Waals surface area contributed by atoms with Crippen molar-refractivity contribution < 1.29 is 5.11 Å². The molecule has 0 unspecified atom stereocenters. The zero-order valence-electron chi connectivity index (χ0n) is 11.0. The number of aryl methyl sites for hydroxylation is 1. The molecule has 0 bridgehead atoms. The van der Waals surface area contributed by atoms with E-state index in [1.165, 1.54) is 11.1 Å². The monoisotopic (exact) mass is 274 g/mol. The van der Waals surface area contributed by atoms with Crippen molar-refractivity contribution in [1.29, 1.82) is 0 Å². The molecule has 3 rings (SSSR count). The van der Waals surface area contributed by atoms with Gasteiger partial charge in [-0.3, -0.25) is 5.32 Å². The maximum Gasteiger partial charge on any atom is 0.109 e. The number of benzene rings is 1. The molecule has 0 amide bonds. The summed E-state index contributed by atoms with van der Waals surface area (Å²) in [5, 5.41) is 16.6. The normalized spacial score (nSPS) is 23.3. The Morgan fingerprint density at radius 2 is 2.32 bits per heavy atom. The molecule has 4 heteroatoms. The Bertz CT molecular complexity index is 555. The zero-order valence-corrected chi connectivity index (χ0v) is 11.8. The van der Waals surface area contributed by atoms with Crippen molar-refractivity contribution in [2.75, 3.05) is 6.61 Å². The molecule has 0 spiro atoms. The Morgan fingerprint density at radius 3 is 3.05 bits per heavy atom. The standard InChI is InChI=1S/C15H18N2OS/c1-11(14-16-8-9-19-14)17-15(10-18)7-6-12-4-2-3-5-13(12)15/h2-5,8-9,11,17-18H,6-7,10H2,1H3/t11-,15+/m1/s1. The van der Waals surface area contributed by atoms with Crippen molar-refractivity contribution in [2.24, 2.45) is 0 Å². The second kappa shape index (κ2) is 5.04. The van der Waals surface area contributed by atoms with E-state index in [9.17, 15) is 5.11 Å². The third-order valence-corrected chi connectivity index (χ3v) is 4.90. The SMILES string of the molecule is C[C@@H](N[C@]1(CO)CCc2ccccc21)c1nccs1. The lowest BCUT2D eigenvalue weighted by atomic mass is 9.92. The predicted octanol–water partition coefficient (Wildman–Crippen LogP) is 2.63. The van der Waals surface area contributed by atoms with E-state index in [4.69, 9.17) is 0 Å². The first-order valence-electron chi connectivity index (χ1n) is 6.61. The van der Waals surface area contributed by atoms with Gasteiger partial charge in [-0.05, 0) is 30.9 Å². The number of fused-ring (bicyclic) bond motifs is 1. The number of aromatic nitrogens is 1. The second-order valence-electron chi connectivity index (χ2n) is 5.13. The third kappa shape index (κ3) is 2.20. The van der Waals surface area contributed by atoms with Crippen LogP contribution in [0.4, 0.5) is 0 Å². The van der Waals surface area contributed by atoms with Crippen LogP contribution in [0.15, 0.2) is 35.8 Å². The highest BCUT2D eigenvalue weighted by molar-refractivity contribution is 7.09. The van der Waals surface area contributed by atoms with Gasteiger partial charge in [0.05, 0.1) is 18.2 Å². The molecule has 100 valence electrons. The van der Waals surface area contributed by atoms with E-state index in [0.29, 0.717) is 0 Å². The minimum absolute atomic E-state index is 0.125. The number of nitrogens with one attached hydrogen (secondary N) is 1. The molecule has 0 saturated heterocycles. The highest BCUT2D eigenvalue weighted by Crippen LogP contribution is 2.38. The van der Waals surface area contributed by atoms with E-state index in [1.807, 2.05) is 17.6 Å². The van der Waals surface area contributed by atoms with E-state index >= 15 is 0 Å². The molecule has 0 aliphatic heterocycles. The van der Waals surface area contributed by atoms with Crippen LogP contribution in [0.1, 0.15) is 35.5 Å². The molecule has 1 aliphatic carbocycles. The first-order valence-corrected chi connectivity index (χ1v) is 7.49. The van der Waals surface area contributed by atoms with Crippen LogP contribution >= 0.6 is 11.3 Å². The Hall–Kier alpha value is -1.23. The Morgan fingerprint density at radius 1 is 1.47 bits per heavy atom. The van der Waals surface area contributed by atoms with Gasteiger partial charge in [0.2, 0.25) is 0 Å². The first-order chi connectivity index (χ1) is 9.25. The van der Waals surface area contributed by atoms with E-state index in [1.54, 1.807) is 11.3 Å². The van der Waals surface area contributed by atoms with Crippen molar-refractivity contribution >= 4 is 11.3 Å². The summed E-state index contributed by atoms with van der Waals surface area (Å²) in [6, 6.07) is 8.54. The number of aliphatic hydroxyl groups is 1. The topological polar surface area (TPSA) is 45.1 Å². The summed E-state index contributed by atoms with van der Waals surface area (Å²) in [4.78, 5) is 4.35. The lowest BCUT2D eigenvalue weighted by molar-refractivity contribution is 0.149. The third-order valence-electron chi connectivity index (χ3n) is 3.94. The van der Waals surface area contributed by atoms with Crippen molar-refractivity contribution in [2.45, 2.75) is 31.3 Å². The predicted molar refractivity (Wildman–Crippen MR) is 77.2 cm³/mol. The van der Waals surface area contributed by atoms with Crippen LogP contribution in [-0.2, 0) is 12.0 Å². The Balaban J connectivity index is 1.89. The summed E-state index contributed by atoms with van der Waals surface area (Å²) < 4.78 is 0. The van der Waals surface area contributed by atoms with Gasteiger partial charge >= 0.3 is 0 Å². The molecule has 3 nitrogen and oxygen atoms in total. The van der Waals surface area contributed by atoms with Gasteiger partial charge in [-0.15, -0.1) is 11.3 Å². The number of hydrogen-bond acceptors (Lipinski definition) is 4. The van der Waals surface area contributed by atoms with E-state index in [0.717, 1.165) is 17.8 Å². The molecule has 1 aromatic heterocycles. The number of nitrogens with zero attached hydrogens (tertiary/aromatic N) is 1. The van der Waals surface area contributed by atoms with Gasteiger partial charge in [-0.1, -0.05) is 24.3 Å². The van der Waals surface area contributed by atoms with Crippen LogP contribution in [-0.4, -0.2) is 16.7 Å². The van der Waals surface area contributed by atoms with Crippen molar-refractivity contribution in [3.8, 4) is 0 Å². The maximum atomic E-state index is 9.93. The first kappa shape index (κ1) is 12.8. The molecule has 0 saturated carbocycles. The average Bonchev–Trinajstić information content (AvgIpc) is 3.08. The van der Waals surface area contributed by atoms with Gasteiger partial charge in [0.25, 0.3) is 0 Å². The van der Waals surface area contributed by atoms with Crippen LogP contribution in [0.5, 0.6) is 0 Å². The van der Waals surface area contributed by atoms with E-state index < -0.39 is 0 Å². The zero-order chi connectivity index (χ0) is 13.3. The fraction of sp³-hybridized carbons (Fsp3) is 0.400. The summed E-state index contributed by atoms with van der Waals surface area (Å²) in [6.45, 7) is 2.23. The number of thiazole rings is 1. The van der Waals surface area contributed by atoms with Crippen LogP contribution in [0, 0.1) is 0 Å². The van der Waals surface area contributed by atoms with Gasteiger partial charge in [-0.2, -0.15) is 0 Å². The smallest absolute Gasteiger partial charge is 0.109 e. The van der Waals surface area contributed by atoms with Crippen LogP contribution in [0.25, 0.3) is 0 Å².